The molecule has 0 aliphatic heterocycles. The third kappa shape index (κ3) is 2.58. The van der Waals surface area contributed by atoms with Crippen LogP contribution < -0.4 is 0 Å². The van der Waals surface area contributed by atoms with E-state index in [1.54, 1.807) is 13.1 Å². The highest BCUT2D eigenvalue weighted by atomic mass is 19.4. The number of aromatic nitrogens is 3. The molecule has 1 heterocycles. The average molecular weight is 259 g/mol. The van der Waals surface area contributed by atoms with Crippen LogP contribution in [0.5, 0.6) is 0 Å². The molecule has 0 aliphatic rings. The van der Waals surface area contributed by atoms with Crippen molar-refractivity contribution in [2.45, 2.75) is 6.18 Å². The normalized spacial score (nSPS) is 11.8. The number of hydrogen-bond donors (Lipinski definition) is 0. The molecular formula is C10H8F3N3O2. The summed E-state index contributed by atoms with van der Waals surface area (Å²) in [5.74, 6) is -1.04. The van der Waals surface area contributed by atoms with E-state index in [4.69, 9.17) is 0 Å². The van der Waals surface area contributed by atoms with E-state index in [9.17, 15) is 18.0 Å². The van der Waals surface area contributed by atoms with Gasteiger partial charge in [-0.1, -0.05) is 5.21 Å². The molecule has 1 aromatic carbocycles. The molecular weight excluding hydrogens is 251 g/mol. The van der Waals surface area contributed by atoms with Gasteiger partial charge in [0.05, 0.1) is 11.1 Å². The van der Waals surface area contributed by atoms with Crippen molar-refractivity contribution in [2.24, 2.45) is 7.05 Å². The van der Waals surface area contributed by atoms with Crippen LogP contribution in [-0.2, 0) is 11.8 Å². The molecule has 2 aromatic rings. The lowest BCUT2D eigenvalue weighted by Gasteiger charge is -2.07. The van der Waals surface area contributed by atoms with Gasteiger partial charge in [0.1, 0.15) is 5.52 Å². The van der Waals surface area contributed by atoms with Gasteiger partial charge in [-0.3, -0.25) is 0 Å². The number of esters is 1. The predicted octanol–water partition coefficient (Wildman–Crippen LogP) is 1.69. The Bertz CT molecular complexity index is 592. The average Bonchev–Trinajstić information content (AvgIpc) is 2.66. The van der Waals surface area contributed by atoms with Gasteiger partial charge >= 0.3 is 12.1 Å². The number of halogens is 3. The van der Waals surface area contributed by atoms with Crippen molar-refractivity contribution in [1.29, 1.82) is 0 Å². The molecule has 2 rings (SSSR count). The lowest BCUT2D eigenvalue weighted by molar-refractivity contribution is -0.161. The summed E-state index contributed by atoms with van der Waals surface area (Å²) in [4.78, 5) is 11.4. The van der Waals surface area contributed by atoms with Crippen molar-refractivity contribution in [1.82, 2.24) is 15.0 Å². The number of hydrogen-bond acceptors (Lipinski definition) is 4. The fraction of sp³-hybridized carbons (Fsp3) is 0.300. The lowest BCUT2D eigenvalue weighted by Crippen LogP contribution is -2.20. The third-order valence-corrected chi connectivity index (χ3v) is 2.21. The van der Waals surface area contributed by atoms with Gasteiger partial charge in [-0.15, -0.1) is 5.10 Å². The van der Waals surface area contributed by atoms with Gasteiger partial charge in [-0.05, 0) is 18.2 Å². The maximum Gasteiger partial charge on any atom is 0.422 e. The Balaban J connectivity index is 2.18. The van der Waals surface area contributed by atoms with Gasteiger partial charge in [0.25, 0.3) is 0 Å². The smallest absolute Gasteiger partial charge is 0.422 e. The minimum Gasteiger partial charge on any atom is -0.452 e. The molecule has 1 aromatic heterocycles. The number of nitrogens with zero attached hydrogens (tertiary/aromatic N) is 3. The fourth-order valence-corrected chi connectivity index (χ4v) is 1.40. The molecule has 0 spiro atoms. The van der Waals surface area contributed by atoms with Gasteiger partial charge in [0.2, 0.25) is 0 Å². The van der Waals surface area contributed by atoms with Crippen molar-refractivity contribution >= 4 is 17.0 Å². The van der Waals surface area contributed by atoms with Crippen molar-refractivity contribution in [3.05, 3.63) is 23.8 Å². The highest BCUT2D eigenvalue weighted by molar-refractivity contribution is 5.93. The minimum absolute atomic E-state index is 0.00671. The third-order valence-electron chi connectivity index (χ3n) is 2.21. The Kier molecular flexibility index (Phi) is 2.93. The van der Waals surface area contributed by atoms with Crippen molar-refractivity contribution in [2.75, 3.05) is 6.61 Å². The molecule has 0 bridgehead atoms. The Morgan fingerprint density at radius 2 is 2.17 bits per heavy atom. The van der Waals surface area contributed by atoms with Gasteiger partial charge in [-0.25, -0.2) is 9.48 Å². The second-order valence-electron chi connectivity index (χ2n) is 3.61. The fourth-order valence-electron chi connectivity index (χ4n) is 1.40. The summed E-state index contributed by atoms with van der Waals surface area (Å²) in [5, 5.41) is 7.47. The molecule has 18 heavy (non-hydrogen) atoms. The van der Waals surface area contributed by atoms with Crippen LogP contribution >= 0.6 is 0 Å². The molecule has 0 aliphatic carbocycles. The van der Waals surface area contributed by atoms with Crippen LogP contribution in [0.15, 0.2) is 18.2 Å². The van der Waals surface area contributed by atoms with Crippen LogP contribution in [0.3, 0.4) is 0 Å². The summed E-state index contributed by atoms with van der Waals surface area (Å²) >= 11 is 0. The summed E-state index contributed by atoms with van der Waals surface area (Å²) in [6, 6.07) is 4.24. The molecule has 0 amide bonds. The molecule has 0 fully saturated rings. The second kappa shape index (κ2) is 4.28. The monoisotopic (exact) mass is 259 g/mol. The zero-order valence-electron chi connectivity index (χ0n) is 9.23. The van der Waals surface area contributed by atoms with E-state index >= 15 is 0 Å². The zero-order chi connectivity index (χ0) is 13.3. The van der Waals surface area contributed by atoms with Crippen LogP contribution in [0, 0.1) is 0 Å². The number of carbonyl (C=O) groups is 1. The maximum absolute atomic E-state index is 11.9. The highest BCUT2D eigenvalue weighted by Gasteiger charge is 2.29. The summed E-state index contributed by atoms with van der Waals surface area (Å²) in [6.07, 6.45) is -4.54. The van der Waals surface area contributed by atoms with Gasteiger partial charge in [-0.2, -0.15) is 13.2 Å². The predicted molar refractivity (Wildman–Crippen MR) is 54.8 cm³/mol. The number of alkyl halides is 3. The Hall–Kier alpha value is -2.12. The van der Waals surface area contributed by atoms with Gasteiger partial charge in [0, 0.05) is 7.05 Å². The van der Waals surface area contributed by atoms with Gasteiger partial charge < -0.3 is 4.74 Å². The van der Waals surface area contributed by atoms with Crippen molar-refractivity contribution in [3.8, 4) is 0 Å². The summed E-state index contributed by atoms with van der Waals surface area (Å²) < 4.78 is 41.3. The highest BCUT2D eigenvalue weighted by Crippen LogP contribution is 2.17. The summed E-state index contributed by atoms with van der Waals surface area (Å²) in [5.41, 5.74) is 1.09. The number of ether oxygens (including phenoxy) is 1. The molecule has 0 N–H and O–H groups in total. The summed E-state index contributed by atoms with van der Waals surface area (Å²) in [6.45, 7) is -1.61. The second-order valence-corrected chi connectivity index (χ2v) is 3.61. The zero-order valence-corrected chi connectivity index (χ0v) is 9.23. The van der Waals surface area contributed by atoms with E-state index in [-0.39, 0.29) is 5.56 Å². The molecule has 0 radical (unpaired) electrons. The van der Waals surface area contributed by atoms with Crippen molar-refractivity contribution < 1.29 is 22.7 Å². The summed E-state index contributed by atoms with van der Waals surface area (Å²) in [7, 11) is 1.66. The quantitative estimate of drug-likeness (QED) is 0.770. The van der Waals surface area contributed by atoms with E-state index in [1.807, 2.05) is 0 Å². The molecule has 0 saturated carbocycles. The molecule has 96 valence electrons. The lowest BCUT2D eigenvalue weighted by atomic mass is 10.2. The van der Waals surface area contributed by atoms with E-state index < -0.39 is 18.8 Å². The SMILES string of the molecule is Cn1nnc2cc(C(=O)OCC(F)(F)F)ccc21. The van der Waals surface area contributed by atoms with Crippen LogP contribution in [0.4, 0.5) is 13.2 Å². The number of carbonyl (C=O) groups excluding carboxylic acids is 1. The standard InChI is InChI=1S/C10H8F3N3O2/c1-16-8-3-2-6(4-7(8)14-15-16)9(17)18-5-10(11,12)13/h2-4H,5H2,1H3. The largest absolute Gasteiger partial charge is 0.452 e. The molecule has 8 heteroatoms. The first-order chi connectivity index (χ1) is 8.37. The molecule has 5 nitrogen and oxygen atoms in total. The number of benzene rings is 1. The topological polar surface area (TPSA) is 57.0 Å². The number of aryl methyl sites for hydroxylation is 1. The Morgan fingerprint density at radius 1 is 1.44 bits per heavy atom. The van der Waals surface area contributed by atoms with Crippen LogP contribution in [-0.4, -0.2) is 33.7 Å². The van der Waals surface area contributed by atoms with Crippen molar-refractivity contribution in [3.63, 3.8) is 0 Å². The first kappa shape index (κ1) is 12.3. The Morgan fingerprint density at radius 3 is 2.83 bits per heavy atom. The first-order valence-corrected chi connectivity index (χ1v) is 4.90. The first-order valence-electron chi connectivity index (χ1n) is 4.90. The molecule has 0 unspecified atom stereocenters. The van der Waals surface area contributed by atoms with Crippen LogP contribution in [0.25, 0.3) is 11.0 Å². The molecule has 0 saturated heterocycles. The van der Waals surface area contributed by atoms with E-state index in [2.05, 4.69) is 15.0 Å². The van der Waals surface area contributed by atoms with E-state index in [0.29, 0.717) is 11.0 Å². The Labute approximate surface area is 99.1 Å². The number of fused-ring (bicyclic) bond motifs is 1. The van der Waals surface area contributed by atoms with Crippen LogP contribution in [0.2, 0.25) is 0 Å². The minimum atomic E-state index is -4.54. The maximum atomic E-state index is 11.9. The van der Waals surface area contributed by atoms with E-state index in [0.717, 1.165) is 0 Å². The number of rotatable bonds is 2. The molecule has 0 atom stereocenters. The van der Waals surface area contributed by atoms with E-state index in [1.165, 1.54) is 16.8 Å². The van der Waals surface area contributed by atoms with Crippen LogP contribution in [0.1, 0.15) is 10.4 Å². The van der Waals surface area contributed by atoms with Gasteiger partial charge in [0.15, 0.2) is 6.61 Å².